The van der Waals surface area contributed by atoms with Gasteiger partial charge in [-0.25, -0.2) is 13.2 Å². The summed E-state index contributed by atoms with van der Waals surface area (Å²) >= 11 is 0. The third-order valence-corrected chi connectivity index (χ3v) is 7.40. The molecule has 0 aromatic heterocycles. The van der Waals surface area contributed by atoms with E-state index in [1.54, 1.807) is 50.4 Å². The zero-order valence-corrected chi connectivity index (χ0v) is 21.4. The Morgan fingerprint density at radius 1 is 1.24 bits per heavy atom. The van der Waals surface area contributed by atoms with Gasteiger partial charge < -0.3 is 19.7 Å². The molecule has 0 radical (unpaired) electrons. The van der Waals surface area contributed by atoms with Gasteiger partial charge in [0.2, 0.25) is 15.9 Å². The van der Waals surface area contributed by atoms with E-state index < -0.39 is 40.1 Å². The van der Waals surface area contributed by atoms with E-state index in [-0.39, 0.29) is 23.9 Å². The first-order valence-electron chi connectivity index (χ1n) is 11.4. The molecule has 2 N–H and O–H groups in total. The van der Waals surface area contributed by atoms with E-state index in [4.69, 9.17) is 14.7 Å². The van der Waals surface area contributed by atoms with Gasteiger partial charge in [0.25, 0.3) is 0 Å². The second-order valence-corrected chi connectivity index (χ2v) is 10.3. The van der Waals surface area contributed by atoms with Gasteiger partial charge in [0.15, 0.2) is 0 Å². The second-order valence-electron chi connectivity index (χ2n) is 8.62. The van der Waals surface area contributed by atoms with E-state index in [9.17, 15) is 22.8 Å². The number of ether oxygens (including phenoxy) is 2. The summed E-state index contributed by atoms with van der Waals surface area (Å²) in [6.07, 6.45) is -1.21. The Labute approximate surface area is 215 Å². The van der Waals surface area contributed by atoms with Crippen molar-refractivity contribution in [3.63, 3.8) is 0 Å². The molecular weight excluding hydrogens is 500 g/mol. The fourth-order valence-corrected chi connectivity index (χ4v) is 5.21. The van der Waals surface area contributed by atoms with Crippen LogP contribution in [0.25, 0.3) is 0 Å². The highest BCUT2D eigenvalue weighted by molar-refractivity contribution is 7.89. The van der Waals surface area contributed by atoms with Crippen LogP contribution in [-0.4, -0.2) is 64.1 Å². The Kier molecular flexibility index (Phi) is 8.86. The maximum Gasteiger partial charge on any atom is 0.410 e. The second kappa shape index (κ2) is 11.9. The minimum atomic E-state index is -4.07. The number of rotatable bonds is 9. The van der Waals surface area contributed by atoms with E-state index in [0.717, 1.165) is 18.2 Å². The molecule has 11 nitrogen and oxygen atoms in total. The quantitative estimate of drug-likeness (QED) is 0.467. The standard InChI is InChI=1S/C25H28N4O7S/c1-16-5-4-6-20(11-16)37(33,34)28-21(24(31)35-3)15-27-23(30)13-19-12-22(29(2)25(32)36-19)18-9-7-17(14-26)8-10-18/h4-11,19,21-22,28H,12-13,15H2,1-3H3,(H,27,30)/t19-,21+,22+/m1/s1. The third-order valence-electron chi connectivity index (χ3n) is 5.93. The van der Waals surface area contributed by atoms with Gasteiger partial charge >= 0.3 is 12.1 Å². The maximum atomic E-state index is 12.7. The first-order chi connectivity index (χ1) is 17.5. The number of benzene rings is 2. The molecule has 2 aromatic rings. The monoisotopic (exact) mass is 528 g/mol. The average Bonchev–Trinajstić information content (AvgIpc) is 2.88. The number of amides is 2. The third kappa shape index (κ3) is 7.05. The molecule has 0 bridgehead atoms. The van der Waals surface area contributed by atoms with Gasteiger partial charge in [-0.2, -0.15) is 9.98 Å². The molecule has 2 aromatic carbocycles. The number of nitrogens with zero attached hydrogens (tertiary/aromatic N) is 2. The van der Waals surface area contributed by atoms with Gasteiger partial charge in [-0.15, -0.1) is 0 Å². The van der Waals surface area contributed by atoms with Crippen molar-refractivity contribution in [1.29, 1.82) is 5.26 Å². The predicted molar refractivity (Wildman–Crippen MR) is 131 cm³/mol. The van der Waals surface area contributed by atoms with E-state index in [1.807, 2.05) is 6.07 Å². The van der Waals surface area contributed by atoms with Gasteiger partial charge in [-0.1, -0.05) is 24.3 Å². The Bertz CT molecular complexity index is 1310. The van der Waals surface area contributed by atoms with Crippen molar-refractivity contribution in [3.05, 3.63) is 65.2 Å². The zero-order valence-electron chi connectivity index (χ0n) is 20.6. The number of nitrogens with one attached hydrogen (secondary N) is 2. The number of hydrogen-bond donors (Lipinski definition) is 2. The Hall–Kier alpha value is -3.95. The van der Waals surface area contributed by atoms with Crippen LogP contribution in [0.3, 0.4) is 0 Å². The summed E-state index contributed by atoms with van der Waals surface area (Å²) in [5, 5.41) is 11.5. The highest BCUT2D eigenvalue weighted by atomic mass is 32.2. The van der Waals surface area contributed by atoms with Crippen LogP contribution in [0.2, 0.25) is 0 Å². The van der Waals surface area contributed by atoms with Crippen LogP contribution in [0.1, 0.15) is 35.6 Å². The van der Waals surface area contributed by atoms with Crippen molar-refractivity contribution < 1.29 is 32.3 Å². The highest BCUT2D eigenvalue weighted by Crippen LogP contribution is 2.31. The molecule has 0 unspecified atom stereocenters. The number of esters is 1. The van der Waals surface area contributed by atoms with Crippen molar-refractivity contribution in [2.75, 3.05) is 20.7 Å². The van der Waals surface area contributed by atoms with E-state index in [2.05, 4.69) is 10.0 Å². The molecule has 12 heteroatoms. The fraction of sp³-hybridized carbons (Fsp3) is 0.360. The summed E-state index contributed by atoms with van der Waals surface area (Å²) in [5.41, 5.74) is 2.00. The van der Waals surface area contributed by atoms with Crippen molar-refractivity contribution in [3.8, 4) is 6.07 Å². The molecule has 0 spiro atoms. The first kappa shape index (κ1) is 27.6. The summed E-state index contributed by atoms with van der Waals surface area (Å²) in [5.74, 6) is -1.41. The number of nitriles is 1. The lowest BCUT2D eigenvalue weighted by Crippen LogP contribution is -2.49. The Morgan fingerprint density at radius 2 is 1.95 bits per heavy atom. The highest BCUT2D eigenvalue weighted by Gasteiger charge is 2.35. The van der Waals surface area contributed by atoms with Crippen molar-refractivity contribution >= 4 is 28.0 Å². The van der Waals surface area contributed by atoms with Crippen LogP contribution in [0.15, 0.2) is 53.4 Å². The molecule has 0 saturated carbocycles. The fourth-order valence-electron chi connectivity index (χ4n) is 3.92. The van der Waals surface area contributed by atoms with Gasteiger partial charge in [-0.05, 0) is 42.3 Å². The summed E-state index contributed by atoms with van der Waals surface area (Å²) in [4.78, 5) is 38.6. The number of carbonyl (C=O) groups is 3. The number of cyclic esters (lactones) is 1. The normalized spacial score (nSPS) is 18.3. The van der Waals surface area contributed by atoms with E-state index >= 15 is 0 Å². The molecule has 1 aliphatic heterocycles. The van der Waals surface area contributed by atoms with Crippen molar-refractivity contribution in [2.24, 2.45) is 0 Å². The first-order valence-corrected chi connectivity index (χ1v) is 12.9. The van der Waals surface area contributed by atoms with Crippen LogP contribution >= 0.6 is 0 Å². The lowest BCUT2D eigenvalue weighted by atomic mass is 9.96. The van der Waals surface area contributed by atoms with Crippen LogP contribution in [0.4, 0.5) is 4.79 Å². The van der Waals surface area contributed by atoms with Gasteiger partial charge in [0, 0.05) is 20.0 Å². The molecule has 1 aliphatic rings. The van der Waals surface area contributed by atoms with Gasteiger partial charge in [0.05, 0.1) is 36.1 Å². The number of hydrogen-bond acceptors (Lipinski definition) is 8. The Morgan fingerprint density at radius 3 is 2.57 bits per heavy atom. The lowest BCUT2D eigenvalue weighted by molar-refractivity contribution is -0.142. The average molecular weight is 529 g/mol. The zero-order chi connectivity index (χ0) is 27.2. The largest absolute Gasteiger partial charge is 0.468 e. The molecule has 1 saturated heterocycles. The van der Waals surface area contributed by atoms with E-state index in [0.29, 0.717) is 12.0 Å². The molecule has 3 rings (SSSR count). The predicted octanol–water partition coefficient (Wildman–Crippen LogP) is 1.77. The van der Waals surface area contributed by atoms with Crippen LogP contribution in [0.5, 0.6) is 0 Å². The lowest BCUT2D eigenvalue weighted by Gasteiger charge is -2.36. The SMILES string of the molecule is COC(=O)[C@H](CNC(=O)C[C@H]1C[C@@H](c2ccc(C#N)cc2)N(C)C(=O)O1)NS(=O)(=O)c1cccc(C)c1. The molecule has 1 fully saturated rings. The number of methoxy groups -OCH3 is 1. The minimum absolute atomic E-state index is 0.0280. The summed E-state index contributed by atoms with van der Waals surface area (Å²) in [6, 6.07) is 13.2. The summed E-state index contributed by atoms with van der Waals surface area (Å²) in [6.45, 7) is 1.37. The van der Waals surface area contributed by atoms with Crippen molar-refractivity contribution in [2.45, 2.75) is 42.8 Å². The number of carbonyl (C=O) groups excluding carboxylic acids is 3. The molecular formula is C25H28N4O7S. The molecule has 196 valence electrons. The minimum Gasteiger partial charge on any atom is -0.468 e. The van der Waals surface area contributed by atoms with Gasteiger partial charge in [-0.3, -0.25) is 9.59 Å². The van der Waals surface area contributed by atoms with Crippen LogP contribution in [0, 0.1) is 18.3 Å². The molecule has 37 heavy (non-hydrogen) atoms. The molecule has 1 heterocycles. The van der Waals surface area contributed by atoms with Crippen LogP contribution < -0.4 is 10.0 Å². The Balaban J connectivity index is 1.63. The molecule has 2 amide bonds. The summed E-state index contributed by atoms with van der Waals surface area (Å²) in [7, 11) is -1.37. The number of aryl methyl sites for hydroxylation is 1. The molecule has 0 aliphatic carbocycles. The van der Waals surface area contributed by atoms with Gasteiger partial charge in [0.1, 0.15) is 12.1 Å². The van der Waals surface area contributed by atoms with Crippen molar-refractivity contribution in [1.82, 2.24) is 14.9 Å². The van der Waals surface area contributed by atoms with Crippen LogP contribution in [-0.2, 0) is 29.1 Å². The number of sulfonamides is 1. The smallest absolute Gasteiger partial charge is 0.410 e. The summed E-state index contributed by atoms with van der Waals surface area (Å²) < 4.78 is 37.8. The topological polar surface area (TPSA) is 155 Å². The molecule has 3 atom stereocenters. The maximum absolute atomic E-state index is 12.7. The van der Waals surface area contributed by atoms with E-state index in [1.165, 1.54) is 17.0 Å².